The first-order valence-corrected chi connectivity index (χ1v) is 7.32. The number of hydrogen-bond donors (Lipinski definition) is 1. The molecule has 0 bridgehead atoms. The van der Waals surface area contributed by atoms with Gasteiger partial charge in [0.15, 0.2) is 5.69 Å². The van der Waals surface area contributed by atoms with Crippen LogP contribution in [0.3, 0.4) is 0 Å². The van der Waals surface area contributed by atoms with E-state index in [-0.39, 0.29) is 6.54 Å². The van der Waals surface area contributed by atoms with Gasteiger partial charge in [0.05, 0.1) is 11.3 Å². The van der Waals surface area contributed by atoms with Gasteiger partial charge in [0.25, 0.3) is 5.91 Å². The highest BCUT2D eigenvalue weighted by molar-refractivity contribution is 5.95. The SMILES string of the molecule is Cn1cc(C(=O)NCc2ccc(-n3cccn3)cc2)c(C(F)(F)F)n1. The molecule has 0 atom stereocenters. The number of aryl methyl sites for hydroxylation is 1. The number of benzene rings is 1. The van der Waals surface area contributed by atoms with E-state index < -0.39 is 23.3 Å². The molecule has 0 fully saturated rings. The van der Waals surface area contributed by atoms with Crippen LogP contribution in [-0.2, 0) is 19.8 Å². The van der Waals surface area contributed by atoms with Crippen LogP contribution in [-0.4, -0.2) is 25.5 Å². The first kappa shape index (κ1) is 16.7. The molecule has 0 aliphatic heterocycles. The number of nitrogens with zero attached hydrogens (tertiary/aromatic N) is 4. The smallest absolute Gasteiger partial charge is 0.348 e. The molecule has 9 heteroatoms. The van der Waals surface area contributed by atoms with Gasteiger partial charge in [-0.15, -0.1) is 0 Å². The molecule has 0 unspecified atom stereocenters. The molecule has 0 radical (unpaired) electrons. The van der Waals surface area contributed by atoms with Crippen molar-refractivity contribution in [2.45, 2.75) is 12.7 Å². The fourth-order valence-corrected chi connectivity index (χ4v) is 2.33. The lowest BCUT2D eigenvalue weighted by Gasteiger charge is -2.08. The van der Waals surface area contributed by atoms with Crippen LogP contribution in [0, 0.1) is 0 Å². The van der Waals surface area contributed by atoms with Gasteiger partial charge < -0.3 is 5.32 Å². The maximum absolute atomic E-state index is 12.9. The normalized spacial score (nSPS) is 11.5. The Balaban J connectivity index is 1.69. The highest BCUT2D eigenvalue weighted by Gasteiger charge is 2.38. The molecule has 0 spiro atoms. The molecule has 0 saturated carbocycles. The molecular formula is C16H14F3N5O. The van der Waals surface area contributed by atoms with Gasteiger partial charge in [-0.25, -0.2) is 4.68 Å². The van der Waals surface area contributed by atoms with E-state index in [9.17, 15) is 18.0 Å². The van der Waals surface area contributed by atoms with Crippen molar-refractivity contribution in [1.29, 1.82) is 0 Å². The van der Waals surface area contributed by atoms with Crippen LogP contribution in [0.2, 0.25) is 0 Å². The average Bonchev–Trinajstić information content (AvgIpc) is 3.22. The van der Waals surface area contributed by atoms with E-state index in [4.69, 9.17) is 0 Å². The molecule has 130 valence electrons. The summed E-state index contributed by atoms with van der Waals surface area (Å²) in [4.78, 5) is 12.1. The van der Waals surface area contributed by atoms with Crippen LogP contribution in [0.1, 0.15) is 21.6 Å². The minimum atomic E-state index is -4.68. The van der Waals surface area contributed by atoms with Crippen molar-refractivity contribution in [2.75, 3.05) is 0 Å². The van der Waals surface area contributed by atoms with E-state index in [0.29, 0.717) is 0 Å². The van der Waals surface area contributed by atoms with Gasteiger partial charge >= 0.3 is 6.18 Å². The van der Waals surface area contributed by atoms with E-state index in [0.717, 1.165) is 22.1 Å². The first-order chi connectivity index (χ1) is 11.8. The molecule has 6 nitrogen and oxygen atoms in total. The summed E-state index contributed by atoms with van der Waals surface area (Å²) >= 11 is 0. The van der Waals surface area contributed by atoms with E-state index >= 15 is 0 Å². The van der Waals surface area contributed by atoms with E-state index in [1.807, 2.05) is 0 Å². The van der Waals surface area contributed by atoms with Gasteiger partial charge in [0, 0.05) is 32.2 Å². The predicted octanol–water partition coefficient (Wildman–Crippen LogP) is 2.55. The minimum absolute atomic E-state index is 0.102. The van der Waals surface area contributed by atoms with E-state index in [2.05, 4.69) is 15.5 Å². The zero-order valence-corrected chi connectivity index (χ0v) is 13.2. The zero-order chi connectivity index (χ0) is 18.0. The van der Waals surface area contributed by atoms with E-state index in [1.165, 1.54) is 7.05 Å². The van der Waals surface area contributed by atoms with Gasteiger partial charge in [0.1, 0.15) is 0 Å². The van der Waals surface area contributed by atoms with Crippen molar-refractivity contribution in [3.8, 4) is 5.69 Å². The second kappa shape index (κ2) is 6.42. The summed E-state index contributed by atoms with van der Waals surface area (Å²) in [7, 11) is 1.33. The molecule has 25 heavy (non-hydrogen) atoms. The van der Waals surface area contributed by atoms with Crippen molar-refractivity contribution in [1.82, 2.24) is 24.9 Å². The Morgan fingerprint density at radius 3 is 2.56 bits per heavy atom. The summed E-state index contributed by atoms with van der Waals surface area (Å²) in [6, 6.07) is 8.94. The Morgan fingerprint density at radius 2 is 1.96 bits per heavy atom. The third-order valence-corrected chi connectivity index (χ3v) is 3.50. The highest BCUT2D eigenvalue weighted by atomic mass is 19.4. The molecule has 0 aliphatic rings. The number of carbonyl (C=O) groups excluding carboxylic acids is 1. The first-order valence-electron chi connectivity index (χ1n) is 7.32. The fraction of sp³-hybridized carbons (Fsp3) is 0.188. The Bertz CT molecular complexity index is 866. The zero-order valence-electron chi connectivity index (χ0n) is 13.2. The second-order valence-electron chi connectivity index (χ2n) is 5.36. The van der Waals surface area contributed by atoms with Crippen molar-refractivity contribution in [3.05, 3.63) is 65.7 Å². The van der Waals surface area contributed by atoms with Crippen LogP contribution >= 0.6 is 0 Å². The van der Waals surface area contributed by atoms with E-state index in [1.54, 1.807) is 47.4 Å². The number of alkyl halides is 3. The number of nitrogens with one attached hydrogen (secondary N) is 1. The maximum atomic E-state index is 12.9. The summed E-state index contributed by atoms with van der Waals surface area (Å²) in [6.07, 6.45) is -0.184. The predicted molar refractivity (Wildman–Crippen MR) is 82.9 cm³/mol. The molecule has 0 saturated heterocycles. The lowest BCUT2D eigenvalue weighted by atomic mass is 10.2. The van der Waals surface area contributed by atoms with Crippen LogP contribution in [0.25, 0.3) is 5.69 Å². The Morgan fingerprint density at radius 1 is 1.24 bits per heavy atom. The molecule has 1 amide bonds. The van der Waals surface area contributed by atoms with Crippen molar-refractivity contribution >= 4 is 5.91 Å². The van der Waals surface area contributed by atoms with Gasteiger partial charge in [-0.2, -0.15) is 23.4 Å². The maximum Gasteiger partial charge on any atom is 0.435 e. The number of carbonyl (C=O) groups is 1. The van der Waals surface area contributed by atoms with Crippen LogP contribution in [0.4, 0.5) is 13.2 Å². The van der Waals surface area contributed by atoms with Crippen LogP contribution in [0.5, 0.6) is 0 Å². The number of amides is 1. The summed E-state index contributed by atoms with van der Waals surface area (Å²) < 4.78 is 41.3. The molecule has 2 heterocycles. The van der Waals surface area contributed by atoms with Crippen molar-refractivity contribution in [2.24, 2.45) is 7.05 Å². The Hall–Kier alpha value is -3.10. The summed E-state index contributed by atoms with van der Waals surface area (Å²) in [5.74, 6) is -0.823. The summed E-state index contributed by atoms with van der Waals surface area (Å²) in [5.41, 5.74) is -0.0990. The van der Waals surface area contributed by atoms with Gasteiger partial charge in [-0.1, -0.05) is 12.1 Å². The number of hydrogen-bond acceptors (Lipinski definition) is 3. The summed E-state index contributed by atoms with van der Waals surface area (Å²) in [5, 5.41) is 9.90. The Labute approximate surface area is 140 Å². The highest BCUT2D eigenvalue weighted by Crippen LogP contribution is 2.30. The van der Waals surface area contributed by atoms with Crippen LogP contribution in [0.15, 0.2) is 48.9 Å². The molecule has 0 aliphatic carbocycles. The van der Waals surface area contributed by atoms with Gasteiger partial charge in [0.2, 0.25) is 0 Å². The Kier molecular flexibility index (Phi) is 4.30. The number of halogens is 3. The summed E-state index contributed by atoms with van der Waals surface area (Å²) in [6.45, 7) is 0.102. The third-order valence-electron chi connectivity index (χ3n) is 3.50. The largest absolute Gasteiger partial charge is 0.435 e. The third kappa shape index (κ3) is 3.70. The average molecular weight is 349 g/mol. The number of aromatic nitrogens is 4. The molecular weight excluding hydrogens is 335 g/mol. The lowest BCUT2D eigenvalue weighted by Crippen LogP contribution is -2.25. The lowest BCUT2D eigenvalue weighted by molar-refractivity contribution is -0.141. The van der Waals surface area contributed by atoms with Gasteiger partial charge in [-0.3, -0.25) is 9.48 Å². The molecule has 1 aromatic carbocycles. The molecule has 2 aromatic heterocycles. The van der Waals surface area contributed by atoms with Crippen LogP contribution < -0.4 is 5.32 Å². The number of rotatable bonds is 4. The monoisotopic (exact) mass is 349 g/mol. The second-order valence-corrected chi connectivity index (χ2v) is 5.36. The topological polar surface area (TPSA) is 64.7 Å². The van der Waals surface area contributed by atoms with Crippen molar-refractivity contribution in [3.63, 3.8) is 0 Å². The minimum Gasteiger partial charge on any atom is -0.348 e. The standard InChI is InChI=1S/C16H14F3N5O/c1-23-10-13(14(22-23)16(17,18)19)15(25)20-9-11-3-5-12(6-4-11)24-8-2-7-21-24/h2-8,10H,9H2,1H3,(H,20,25). The fourth-order valence-electron chi connectivity index (χ4n) is 2.33. The molecule has 1 N–H and O–H groups in total. The quantitative estimate of drug-likeness (QED) is 0.787. The van der Waals surface area contributed by atoms with Gasteiger partial charge in [-0.05, 0) is 23.8 Å². The van der Waals surface area contributed by atoms with Crippen molar-refractivity contribution < 1.29 is 18.0 Å². The molecule has 3 aromatic rings. The molecule has 3 rings (SSSR count).